The van der Waals surface area contributed by atoms with Crippen molar-refractivity contribution in [1.82, 2.24) is 0 Å². The van der Waals surface area contributed by atoms with Crippen molar-refractivity contribution in [2.24, 2.45) is 0 Å². The van der Waals surface area contributed by atoms with Gasteiger partial charge in [-0.05, 0) is 74.5 Å². The zero-order chi connectivity index (χ0) is 36.9. The zero-order valence-corrected chi connectivity index (χ0v) is 34.2. The Labute approximate surface area is 332 Å². The average Bonchev–Trinajstić information content (AvgIpc) is 3.21. The van der Waals surface area contributed by atoms with Gasteiger partial charge < -0.3 is 0 Å². The van der Waals surface area contributed by atoms with E-state index < -0.39 is 21.4 Å². The minimum atomic E-state index is -0.446. The van der Waals surface area contributed by atoms with Crippen molar-refractivity contribution in [3.63, 3.8) is 0 Å². The average molecular weight is 912 g/mol. The molecule has 1 N–H and O–H groups in total. The molecule has 0 aromatic heterocycles. The van der Waals surface area contributed by atoms with Crippen LogP contribution in [-0.4, -0.2) is 10.9 Å². The van der Waals surface area contributed by atoms with Gasteiger partial charge in [-0.3, -0.25) is 10.5 Å². The molecule has 3 nitrogen and oxygen atoms in total. The zero-order valence-electron chi connectivity index (χ0n) is 30.1. The van der Waals surface area contributed by atoms with Crippen molar-refractivity contribution in [3.8, 4) is 6.07 Å². The number of rotatable bonds is 6. The molecule has 7 rings (SSSR count). The molecule has 270 valence electrons. The van der Waals surface area contributed by atoms with Crippen LogP contribution in [0.4, 0.5) is 0 Å². The molecule has 0 aliphatic carbocycles. The van der Waals surface area contributed by atoms with Crippen LogP contribution in [0, 0.1) is 17.4 Å². The van der Waals surface area contributed by atoms with Gasteiger partial charge in [-0.2, -0.15) is 0 Å². The first-order chi connectivity index (χ1) is 25.4. The van der Waals surface area contributed by atoms with Crippen LogP contribution < -0.4 is 31.8 Å². The fourth-order valence-corrected chi connectivity index (χ4v) is 9.43. The standard InChI is InChI=1S/2C18H15P.C7H4N.C4H10O2.Pt/c2*1-4-10-16(11-5-1)19(17-12-6-2-7-13-17)18-14-8-3-9-15-18;8-6-7-4-2-1-3-5-7;1-4(2,3)6-5;/h2*1-15H;1-4H;5H,1-3H3;/q;;-1;;. The molecule has 0 saturated carbocycles. The van der Waals surface area contributed by atoms with Crippen LogP contribution in [0.3, 0.4) is 0 Å². The van der Waals surface area contributed by atoms with E-state index in [1.807, 2.05) is 18.2 Å². The van der Waals surface area contributed by atoms with Gasteiger partial charge in [0.1, 0.15) is 0 Å². The molecule has 0 aliphatic heterocycles. The van der Waals surface area contributed by atoms with Gasteiger partial charge in [0.15, 0.2) is 0 Å². The topological polar surface area (TPSA) is 53.2 Å². The third kappa shape index (κ3) is 15.2. The monoisotopic (exact) mass is 911 g/mol. The summed E-state index contributed by atoms with van der Waals surface area (Å²) in [5.41, 5.74) is 0.188. The second-order valence-electron chi connectivity index (χ2n) is 12.3. The van der Waals surface area contributed by atoms with Crippen LogP contribution in [0.1, 0.15) is 26.3 Å². The number of benzene rings is 7. The van der Waals surface area contributed by atoms with Crippen LogP contribution in [0.15, 0.2) is 206 Å². The molecule has 0 radical (unpaired) electrons. The number of hydrogen-bond acceptors (Lipinski definition) is 3. The Hall–Kier alpha value is -4.50. The van der Waals surface area contributed by atoms with E-state index in [-0.39, 0.29) is 21.1 Å². The Morgan fingerprint density at radius 2 is 0.679 bits per heavy atom. The maximum absolute atomic E-state index is 8.26. The number of hydrogen-bond donors (Lipinski definition) is 1. The van der Waals surface area contributed by atoms with Gasteiger partial charge in [-0.15, -0.1) is 30.3 Å². The van der Waals surface area contributed by atoms with Gasteiger partial charge in [-0.25, -0.2) is 4.89 Å². The summed E-state index contributed by atoms with van der Waals surface area (Å²) in [7, 11) is -0.892. The van der Waals surface area contributed by atoms with E-state index in [0.29, 0.717) is 5.56 Å². The molecule has 0 unspecified atom stereocenters. The molecule has 0 spiro atoms. The second-order valence-corrected chi connectivity index (χ2v) is 16.7. The molecular weight excluding hydrogens is 868 g/mol. The van der Waals surface area contributed by atoms with Gasteiger partial charge in [0, 0.05) is 21.1 Å². The summed E-state index contributed by atoms with van der Waals surface area (Å²) in [6.07, 6.45) is 0. The quantitative estimate of drug-likeness (QED) is 0.0784. The van der Waals surface area contributed by atoms with Crippen molar-refractivity contribution in [1.29, 1.82) is 5.26 Å². The third-order valence-electron chi connectivity index (χ3n) is 7.19. The SMILES string of the molecule is CC(C)(C)OO.N#Cc1[c-]cccc1.[Pt].c1ccc(P(c2ccccc2)c2ccccc2)cc1.c1ccc(P(c2ccccc2)c2ccccc2)cc1. The van der Waals surface area contributed by atoms with Crippen molar-refractivity contribution in [2.75, 3.05) is 0 Å². The first-order valence-corrected chi connectivity index (χ1v) is 19.7. The van der Waals surface area contributed by atoms with Gasteiger partial charge in [0.2, 0.25) is 0 Å². The van der Waals surface area contributed by atoms with Crippen molar-refractivity contribution >= 4 is 47.7 Å². The van der Waals surface area contributed by atoms with Crippen molar-refractivity contribution < 1.29 is 31.2 Å². The van der Waals surface area contributed by atoms with Crippen LogP contribution in [0.25, 0.3) is 0 Å². The van der Waals surface area contributed by atoms with Crippen LogP contribution in [-0.2, 0) is 26.0 Å². The molecule has 0 heterocycles. The number of nitriles is 1. The summed E-state index contributed by atoms with van der Waals surface area (Å²) < 4.78 is 0. The summed E-state index contributed by atoms with van der Waals surface area (Å²) in [6.45, 7) is 5.31. The van der Waals surface area contributed by atoms with E-state index in [9.17, 15) is 0 Å². The molecule has 53 heavy (non-hydrogen) atoms. The van der Waals surface area contributed by atoms with Gasteiger partial charge in [0.25, 0.3) is 0 Å². The molecule has 0 bridgehead atoms. The van der Waals surface area contributed by atoms with Crippen molar-refractivity contribution in [3.05, 3.63) is 218 Å². The van der Waals surface area contributed by atoms with Crippen molar-refractivity contribution in [2.45, 2.75) is 26.4 Å². The number of nitrogens with zero attached hydrogens (tertiary/aromatic N) is 1. The molecule has 7 aromatic carbocycles. The fourth-order valence-electron chi connectivity index (χ4n) is 4.82. The first-order valence-electron chi connectivity index (χ1n) is 17.0. The minimum absolute atomic E-state index is 0. The largest absolute Gasteiger partial charge is 0.262 e. The normalized spacial score (nSPS) is 10.1. The Morgan fingerprint density at radius 1 is 0.453 bits per heavy atom. The molecule has 0 atom stereocenters. The summed E-state index contributed by atoms with van der Waals surface area (Å²) in [4.78, 5) is 3.94. The summed E-state index contributed by atoms with van der Waals surface area (Å²) >= 11 is 0. The minimum Gasteiger partial charge on any atom is -0.262 e. The molecular formula is C47H44NO2P2Pt-. The Morgan fingerprint density at radius 3 is 0.830 bits per heavy atom. The predicted octanol–water partition coefficient (Wildman–Crippen LogP) is 9.52. The van der Waals surface area contributed by atoms with Gasteiger partial charge in [-0.1, -0.05) is 188 Å². The molecule has 0 amide bonds. The predicted molar refractivity (Wildman–Crippen MR) is 224 cm³/mol. The summed E-state index contributed by atoms with van der Waals surface area (Å²) in [5.74, 6) is 0. The maximum atomic E-state index is 8.26. The third-order valence-corrected chi connectivity index (χ3v) is 12.1. The Bertz CT molecular complexity index is 1690. The fraction of sp³-hybridized carbons (Fsp3) is 0.0851. The molecule has 0 saturated heterocycles. The van der Waals surface area contributed by atoms with E-state index in [0.717, 1.165) is 0 Å². The van der Waals surface area contributed by atoms with Crippen LogP contribution in [0.5, 0.6) is 0 Å². The van der Waals surface area contributed by atoms with E-state index in [2.05, 4.69) is 193 Å². The van der Waals surface area contributed by atoms with E-state index in [1.165, 1.54) is 31.8 Å². The first kappa shape index (κ1) is 42.9. The molecule has 6 heteroatoms. The van der Waals surface area contributed by atoms with E-state index in [1.54, 1.807) is 32.9 Å². The molecule has 0 fully saturated rings. The van der Waals surface area contributed by atoms with Gasteiger partial charge >= 0.3 is 0 Å². The van der Waals surface area contributed by atoms with E-state index >= 15 is 0 Å². The second kappa shape index (κ2) is 23.9. The van der Waals surface area contributed by atoms with Crippen LogP contribution >= 0.6 is 15.8 Å². The molecule has 0 aliphatic rings. The van der Waals surface area contributed by atoms with E-state index in [4.69, 9.17) is 10.5 Å². The Balaban J connectivity index is 0.000000209. The summed E-state index contributed by atoms with van der Waals surface area (Å²) in [6, 6.07) is 76.5. The van der Waals surface area contributed by atoms with Gasteiger partial charge in [0.05, 0.1) is 5.60 Å². The molecule has 7 aromatic rings. The smallest absolute Gasteiger partial charge is 0.0949 e. The van der Waals surface area contributed by atoms with Crippen LogP contribution in [0.2, 0.25) is 0 Å². The maximum Gasteiger partial charge on any atom is 0.0949 e. The summed E-state index contributed by atoms with van der Waals surface area (Å²) in [5, 5.41) is 24.5. The Kier molecular flexibility index (Phi) is 19.4.